The van der Waals surface area contributed by atoms with E-state index in [1.807, 2.05) is 24.3 Å². The molecule has 4 rings (SSSR count). The molecule has 23 heavy (non-hydrogen) atoms. The summed E-state index contributed by atoms with van der Waals surface area (Å²) >= 11 is 5.87. The summed E-state index contributed by atoms with van der Waals surface area (Å²) in [5, 5.41) is 8.95. The molecular formula is C14H12ClN5O2S. The van der Waals surface area contributed by atoms with Gasteiger partial charge in [-0.3, -0.25) is 4.72 Å². The lowest BCUT2D eigenvalue weighted by Crippen LogP contribution is -2.28. The highest BCUT2D eigenvalue weighted by molar-refractivity contribution is 7.92. The maximum atomic E-state index is 11.8. The Hall–Kier alpha value is -2.32. The van der Waals surface area contributed by atoms with E-state index in [-0.39, 0.29) is 5.75 Å². The Morgan fingerprint density at radius 1 is 1.13 bits per heavy atom. The molecule has 2 aromatic heterocycles. The van der Waals surface area contributed by atoms with E-state index >= 15 is 0 Å². The van der Waals surface area contributed by atoms with Crippen LogP contribution in [0.1, 0.15) is 0 Å². The topological polar surface area (TPSA) is 81.8 Å². The Morgan fingerprint density at radius 3 is 2.61 bits per heavy atom. The lowest BCUT2D eigenvalue weighted by atomic mass is 10.1. The molecule has 3 heterocycles. The van der Waals surface area contributed by atoms with Crippen LogP contribution in [0.4, 0.5) is 5.82 Å². The predicted molar refractivity (Wildman–Crippen MR) is 87.2 cm³/mol. The summed E-state index contributed by atoms with van der Waals surface area (Å²) in [6.07, 6.45) is 4.95. The molecule has 0 aliphatic carbocycles. The number of aromatic nitrogens is 4. The third-order valence-electron chi connectivity index (χ3n) is 3.66. The van der Waals surface area contributed by atoms with Crippen molar-refractivity contribution in [2.75, 3.05) is 10.5 Å². The second-order valence-electron chi connectivity index (χ2n) is 5.20. The van der Waals surface area contributed by atoms with E-state index < -0.39 is 10.0 Å². The van der Waals surface area contributed by atoms with Gasteiger partial charge in [0.05, 0.1) is 35.4 Å². The van der Waals surface area contributed by atoms with Crippen molar-refractivity contribution in [3.63, 3.8) is 0 Å². The van der Waals surface area contributed by atoms with Crippen molar-refractivity contribution >= 4 is 27.4 Å². The van der Waals surface area contributed by atoms with E-state index in [0.29, 0.717) is 17.4 Å². The zero-order valence-electron chi connectivity index (χ0n) is 11.8. The molecule has 0 saturated carbocycles. The minimum atomic E-state index is -3.28. The SMILES string of the molecule is O=S1(=O)CCn2ncc(-c3ccc(-n4cc(Cl)cn4)cc3)c2N1. The molecule has 9 heteroatoms. The normalized spacial score (nSPS) is 15.9. The minimum absolute atomic E-state index is 0.0418. The number of hydrogen-bond donors (Lipinski definition) is 1. The summed E-state index contributed by atoms with van der Waals surface area (Å²) in [6, 6.07) is 7.57. The highest BCUT2D eigenvalue weighted by Crippen LogP contribution is 2.31. The minimum Gasteiger partial charge on any atom is -0.267 e. The number of halogens is 1. The average Bonchev–Trinajstić information content (AvgIpc) is 3.12. The van der Waals surface area contributed by atoms with Crippen molar-refractivity contribution in [1.82, 2.24) is 19.6 Å². The van der Waals surface area contributed by atoms with Gasteiger partial charge >= 0.3 is 0 Å². The van der Waals surface area contributed by atoms with E-state index in [2.05, 4.69) is 14.9 Å². The number of sulfonamides is 1. The van der Waals surface area contributed by atoms with Crippen LogP contribution in [-0.2, 0) is 16.6 Å². The van der Waals surface area contributed by atoms with Crippen molar-refractivity contribution in [3.05, 3.63) is 47.9 Å². The molecule has 1 aliphatic heterocycles. The molecule has 0 amide bonds. The molecule has 7 nitrogen and oxygen atoms in total. The van der Waals surface area contributed by atoms with Crippen molar-refractivity contribution in [3.8, 4) is 16.8 Å². The number of aryl methyl sites for hydroxylation is 1. The number of anilines is 1. The summed E-state index contributed by atoms with van der Waals surface area (Å²) < 4.78 is 29.4. The predicted octanol–water partition coefficient (Wildman–Crippen LogP) is 2.14. The van der Waals surface area contributed by atoms with Gasteiger partial charge in [-0.25, -0.2) is 17.8 Å². The van der Waals surface area contributed by atoms with Crippen molar-refractivity contribution < 1.29 is 8.42 Å². The summed E-state index contributed by atoms with van der Waals surface area (Å²) in [7, 11) is -3.28. The molecule has 0 spiro atoms. The fraction of sp³-hybridized carbons (Fsp3) is 0.143. The molecule has 0 saturated heterocycles. The van der Waals surface area contributed by atoms with Gasteiger partial charge < -0.3 is 0 Å². The van der Waals surface area contributed by atoms with Crippen LogP contribution in [0.25, 0.3) is 16.8 Å². The maximum Gasteiger partial charge on any atom is 0.235 e. The fourth-order valence-electron chi connectivity index (χ4n) is 2.51. The molecule has 1 aromatic carbocycles. The molecule has 0 bridgehead atoms. The van der Waals surface area contributed by atoms with Crippen molar-refractivity contribution in [2.45, 2.75) is 6.54 Å². The van der Waals surface area contributed by atoms with Gasteiger partial charge in [0.25, 0.3) is 0 Å². The second-order valence-corrected chi connectivity index (χ2v) is 7.48. The van der Waals surface area contributed by atoms with Gasteiger partial charge in [-0.2, -0.15) is 10.2 Å². The molecular weight excluding hydrogens is 338 g/mol. The zero-order chi connectivity index (χ0) is 16.0. The Morgan fingerprint density at radius 2 is 1.91 bits per heavy atom. The molecule has 0 atom stereocenters. The van der Waals surface area contributed by atoms with E-state index in [0.717, 1.165) is 16.8 Å². The first-order valence-corrected chi connectivity index (χ1v) is 8.92. The van der Waals surface area contributed by atoms with Crippen LogP contribution >= 0.6 is 11.6 Å². The first kappa shape index (κ1) is 14.3. The monoisotopic (exact) mass is 349 g/mol. The van der Waals surface area contributed by atoms with E-state index in [1.165, 1.54) is 0 Å². The average molecular weight is 350 g/mol. The zero-order valence-corrected chi connectivity index (χ0v) is 13.4. The lowest BCUT2D eigenvalue weighted by Gasteiger charge is -2.17. The Bertz CT molecular complexity index is 975. The number of rotatable bonds is 2. The molecule has 0 unspecified atom stereocenters. The molecule has 3 aromatic rings. The van der Waals surface area contributed by atoms with Gasteiger partial charge in [0.2, 0.25) is 10.0 Å². The first-order valence-electron chi connectivity index (χ1n) is 6.89. The van der Waals surface area contributed by atoms with Gasteiger partial charge in [-0.05, 0) is 17.7 Å². The van der Waals surface area contributed by atoms with Gasteiger partial charge in [0.15, 0.2) is 0 Å². The smallest absolute Gasteiger partial charge is 0.235 e. The number of fused-ring (bicyclic) bond motifs is 1. The van der Waals surface area contributed by atoms with Gasteiger partial charge in [-0.15, -0.1) is 0 Å². The Balaban J connectivity index is 1.71. The highest BCUT2D eigenvalue weighted by Gasteiger charge is 2.24. The maximum absolute atomic E-state index is 11.8. The number of nitrogens with one attached hydrogen (secondary N) is 1. The standard InChI is InChI=1S/C14H12ClN5O2S/c15-11-7-16-20(9-11)12-3-1-10(2-4-12)13-8-17-19-5-6-23(21,22)18-14(13)19/h1-4,7-9,18H,5-6H2. The number of nitrogens with zero attached hydrogens (tertiary/aromatic N) is 4. The van der Waals surface area contributed by atoms with Crippen LogP contribution in [0.3, 0.4) is 0 Å². The Labute approximate surface area is 137 Å². The van der Waals surface area contributed by atoms with Crippen molar-refractivity contribution in [2.24, 2.45) is 0 Å². The highest BCUT2D eigenvalue weighted by atomic mass is 35.5. The third kappa shape index (κ3) is 2.60. The molecule has 1 aliphatic rings. The van der Waals surface area contributed by atoms with Crippen LogP contribution in [0.5, 0.6) is 0 Å². The lowest BCUT2D eigenvalue weighted by molar-refractivity contribution is 0.577. The number of hydrogen-bond acceptors (Lipinski definition) is 4. The van der Waals surface area contributed by atoms with Crippen LogP contribution in [0.2, 0.25) is 5.02 Å². The molecule has 118 valence electrons. The fourth-order valence-corrected chi connectivity index (χ4v) is 3.68. The van der Waals surface area contributed by atoms with Crippen molar-refractivity contribution in [1.29, 1.82) is 0 Å². The van der Waals surface area contributed by atoms with Crippen LogP contribution in [0.15, 0.2) is 42.9 Å². The van der Waals surface area contributed by atoms with Crippen LogP contribution in [-0.4, -0.2) is 33.7 Å². The van der Waals surface area contributed by atoms with E-state index in [9.17, 15) is 8.42 Å². The quantitative estimate of drug-likeness (QED) is 0.768. The first-order chi connectivity index (χ1) is 11.0. The molecule has 0 radical (unpaired) electrons. The van der Waals surface area contributed by atoms with Crippen LogP contribution in [0, 0.1) is 0 Å². The van der Waals surface area contributed by atoms with Gasteiger partial charge in [0, 0.05) is 11.8 Å². The second kappa shape index (κ2) is 5.10. The summed E-state index contributed by atoms with van der Waals surface area (Å²) in [4.78, 5) is 0. The summed E-state index contributed by atoms with van der Waals surface area (Å²) in [5.41, 5.74) is 2.48. The summed E-state index contributed by atoms with van der Waals surface area (Å²) in [5.74, 6) is 0.547. The van der Waals surface area contributed by atoms with Gasteiger partial charge in [0.1, 0.15) is 5.82 Å². The van der Waals surface area contributed by atoms with Gasteiger partial charge in [-0.1, -0.05) is 23.7 Å². The molecule has 0 fully saturated rings. The number of benzene rings is 1. The summed E-state index contributed by atoms with van der Waals surface area (Å²) in [6.45, 7) is 0.356. The molecule has 1 N–H and O–H groups in total. The van der Waals surface area contributed by atoms with E-state index in [4.69, 9.17) is 11.6 Å². The van der Waals surface area contributed by atoms with Crippen LogP contribution < -0.4 is 4.72 Å². The van der Waals surface area contributed by atoms with E-state index in [1.54, 1.807) is 28.0 Å². The largest absolute Gasteiger partial charge is 0.267 e. The Kier molecular flexibility index (Phi) is 3.17. The third-order valence-corrected chi connectivity index (χ3v) is 5.08.